The Hall–Kier alpha value is -1.45. The van der Waals surface area contributed by atoms with Gasteiger partial charge in [0, 0.05) is 18.4 Å². The van der Waals surface area contributed by atoms with E-state index in [9.17, 15) is 4.79 Å². The Morgan fingerprint density at radius 2 is 2.35 bits per heavy atom. The number of carbonyl (C=O) groups excluding carboxylic acids is 1. The molecular weight excluding hydrogens is 214 g/mol. The van der Waals surface area contributed by atoms with E-state index < -0.39 is 0 Å². The van der Waals surface area contributed by atoms with Gasteiger partial charge in [0.15, 0.2) is 0 Å². The van der Waals surface area contributed by atoms with Crippen LogP contribution in [0.2, 0.25) is 0 Å². The Bertz CT molecular complexity index is 426. The van der Waals surface area contributed by atoms with Crippen molar-refractivity contribution >= 4 is 11.6 Å². The van der Waals surface area contributed by atoms with E-state index in [0.717, 1.165) is 18.4 Å². The fourth-order valence-corrected chi connectivity index (χ4v) is 3.49. The Morgan fingerprint density at radius 1 is 1.47 bits per heavy atom. The second kappa shape index (κ2) is 4.09. The van der Waals surface area contributed by atoms with Crippen molar-refractivity contribution in [1.29, 1.82) is 0 Å². The van der Waals surface area contributed by atoms with Crippen molar-refractivity contribution in [2.45, 2.75) is 25.7 Å². The first-order chi connectivity index (χ1) is 8.22. The number of H-pyrrole nitrogens is 1. The number of fused-ring (bicyclic) bond motifs is 2. The summed E-state index contributed by atoms with van der Waals surface area (Å²) in [5, 5.41) is 3.01. The summed E-state index contributed by atoms with van der Waals surface area (Å²) in [4.78, 5) is 14.7. The highest BCUT2D eigenvalue weighted by Gasteiger charge is 2.39. The summed E-state index contributed by atoms with van der Waals surface area (Å²) in [6.07, 6.45) is 7.10. The fourth-order valence-electron chi connectivity index (χ4n) is 3.49. The maximum atomic E-state index is 11.8. The molecule has 2 fully saturated rings. The van der Waals surface area contributed by atoms with Gasteiger partial charge in [0.2, 0.25) is 0 Å². The molecule has 4 N–H and O–H groups in total. The number of nitrogens with one attached hydrogen (secondary N) is 2. The number of rotatable bonds is 3. The van der Waals surface area contributed by atoms with Crippen LogP contribution >= 0.6 is 0 Å². The molecular formula is C13H19N3O. The molecule has 1 aromatic rings. The summed E-state index contributed by atoms with van der Waals surface area (Å²) in [6.45, 7) is 0.818. The number of hydrogen-bond donors (Lipinski definition) is 3. The highest BCUT2D eigenvalue weighted by molar-refractivity contribution is 5.93. The lowest BCUT2D eigenvalue weighted by atomic mass is 9.89. The number of amides is 1. The molecule has 0 spiro atoms. The van der Waals surface area contributed by atoms with Gasteiger partial charge in [0.05, 0.1) is 0 Å². The topological polar surface area (TPSA) is 70.9 Å². The van der Waals surface area contributed by atoms with Crippen LogP contribution in [0.25, 0.3) is 0 Å². The number of anilines is 1. The Labute approximate surface area is 101 Å². The summed E-state index contributed by atoms with van der Waals surface area (Å²) < 4.78 is 0. The molecule has 2 aliphatic carbocycles. The molecule has 3 rings (SSSR count). The monoisotopic (exact) mass is 233 g/mol. The van der Waals surface area contributed by atoms with Gasteiger partial charge in [-0.15, -0.1) is 0 Å². The van der Waals surface area contributed by atoms with Gasteiger partial charge in [-0.05, 0) is 43.1 Å². The molecule has 0 aliphatic heterocycles. The molecule has 2 saturated carbocycles. The lowest BCUT2D eigenvalue weighted by molar-refractivity contribution is 0.0937. The predicted molar refractivity (Wildman–Crippen MR) is 66.5 cm³/mol. The van der Waals surface area contributed by atoms with Gasteiger partial charge in [0.1, 0.15) is 5.69 Å². The molecule has 0 radical (unpaired) electrons. The Balaban J connectivity index is 1.53. The molecule has 0 saturated heterocycles. The van der Waals surface area contributed by atoms with Crippen LogP contribution < -0.4 is 11.1 Å². The van der Waals surface area contributed by atoms with Crippen LogP contribution in [0.1, 0.15) is 36.2 Å². The van der Waals surface area contributed by atoms with Crippen molar-refractivity contribution in [3.8, 4) is 0 Å². The zero-order valence-corrected chi connectivity index (χ0v) is 9.91. The predicted octanol–water partition coefficient (Wildman–Crippen LogP) is 1.76. The zero-order chi connectivity index (χ0) is 11.8. The third-order valence-electron chi connectivity index (χ3n) is 4.36. The molecule has 3 unspecified atom stereocenters. The minimum Gasteiger partial charge on any atom is -0.397 e. The molecule has 3 atom stereocenters. The molecule has 0 aromatic carbocycles. The van der Waals surface area contributed by atoms with Gasteiger partial charge < -0.3 is 16.0 Å². The highest BCUT2D eigenvalue weighted by atomic mass is 16.1. The normalized spacial score (nSPS) is 30.7. The molecule has 4 nitrogen and oxygen atoms in total. The van der Waals surface area contributed by atoms with Crippen LogP contribution in [0, 0.1) is 17.8 Å². The van der Waals surface area contributed by atoms with Crippen LogP contribution in [-0.2, 0) is 0 Å². The summed E-state index contributed by atoms with van der Waals surface area (Å²) in [5.41, 5.74) is 6.74. The second-order valence-electron chi connectivity index (χ2n) is 5.49. The van der Waals surface area contributed by atoms with E-state index in [1.54, 1.807) is 12.3 Å². The maximum Gasteiger partial charge on any atom is 0.267 e. The quantitative estimate of drug-likeness (QED) is 0.744. The molecule has 17 heavy (non-hydrogen) atoms. The van der Waals surface area contributed by atoms with E-state index in [4.69, 9.17) is 5.73 Å². The van der Waals surface area contributed by atoms with E-state index in [-0.39, 0.29) is 5.91 Å². The van der Waals surface area contributed by atoms with Gasteiger partial charge in [0.25, 0.3) is 5.91 Å². The van der Waals surface area contributed by atoms with Crippen LogP contribution in [0.15, 0.2) is 12.3 Å². The van der Waals surface area contributed by atoms with Crippen LogP contribution in [0.4, 0.5) is 5.69 Å². The standard InChI is InChI=1S/C13H19N3O/c14-11-5-12(15-7-11)13(17)16-6-10-4-8-1-2-9(10)3-8/h5,7-10,15H,1-4,6,14H2,(H,16,17). The first-order valence-electron chi connectivity index (χ1n) is 6.44. The summed E-state index contributed by atoms with van der Waals surface area (Å²) in [6, 6.07) is 1.68. The summed E-state index contributed by atoms with van der Waals surface area (Å²) >= 11 is 0. The van der Waals surface area contributed by atoms with E-state index >= 15 is 0 Å². The molecule has 1 heterocycles. The summed E-state index contributed by atoms with van der Waals surface area (Å²) in [7, 11) is 0. The minimum atomic E-state index is -0.0375. The number of hydrogen-bond acceptors (Lipinski definition) is 2. The van der Waals surface area contributed by atoms with Crippen molar-refractivity contribution in [3.05, 3.63) is 18.0 Å². The number of carbonyl (C=O) groups is 1. The van der Waals surface area contributed by atoms with Gasteiger partial charge in [-0.3, -0.25) is 4.79 Å². The SMILES string of the molecule is Nc1c[nH]c(C(=O)NCC2CC3CCC2C3)c1. The lowest BCUT2D eigenvalue weighted by Gasteiger charge is -2.21. The molecule has 92 valence electrons. The average Bonchev–Trinajstić information content (AvgIpc) is 3.01. The lowest BCUT2D eigenvalue weighted by Crippen LogP contribution is -2.31. The Kier molecular flexibility index (Phi) is 2.57. The second-order valence-corrected chi connectivity index (χ2v) is 5.49. The van der Waals surface area contributed by atoms with E-state index in [2.05, 4.69) is 10.3 Å². The van der Waals surface area contributed by atoms with Crippen LogP contribution in [0.3, 0.4) is 0 Å². The van der Waals surface area contributed by atoms with E-state index in [1.165, 1.54) is 25.7 Å². The third-order valence-corrected chi connectivity index (χ3v) is 4.36. The smallest absolute Gasteiger partial charge is 0.267 e. The average molecular weight is 233 g/mol. The molecule has 2 aliphatic rings. The molecule has 4 heteroatoms. The van der Waals surface area contributed by atoms with Crippen molar-refractivity contribution in [2.24, 2.45) is 17.8 Å². The zero-order valence-electron chi connectivity index (χ0n) is 9.91. The number of aromatic nitrogens is 1. The van der Waals surface area contributed by atoms with Crippen LogP contribution in [0.5, 0.6) is 0 Å². The van der Waals surface area contributed by atoms with Gasteiger partial charge in [-0.25, -0.2) is 0 Å². The fraction of sp³-hybridized carbons (Fsp3) is 0.615. The van der Waals surface area contributed by atoms with Gasteiger partial charge >= 0.3 is 0 Å². The largest absolute Gasteiger partial charge is 0.397 e. The summed E-state index contributed by atoms with van der Waals surface area (Å²) in [5.74, 6) is 2.45. The highest BCUT2D eigenvalue weighted by Crippen LogP contribution is 2.47. The van der Waals surface area contributed by atoms with E-state index in [1.807, 2.05) is 0 Å². The van der Waals surface area contributed by atoms with Crippen molar-refractivity contribution < 1.29 is 4.79 Å². The van der Waals surface area contributed by atoms with Gasteiger partial charge in [-0.2, -0.15) is 0 Å². The Morgan fingerprint density at radius 3 is 2.94 bits per heavy atom. The maximum absolute atomic E-state index is 11.8. The van der Waals surface area contributed by atoms with Crippen molar-refractivity contribution in [3.63, 3.8) is 0 Å². The first-order valence-corrected chi connectivity index (χ1v) is 6.44. The van der Waals surface area contributed by atoms with E-state index in [0.29, 0.717) is 17.3 Å². The number of aromatic amines is 1. The number of nitrogen functional groups attached to an aromatic ring is 1. The molecule has 1 aromatic heterocycles. The first kappa shape index (κ1) is 10.7. The van der Waals surface area contributed by atoms with Crippen molar-refractivity contribution in [2.75, 3.05) is 12.3 Å². The molecule has 1 amide bonds. The van der Waals surface area contributed by atoms with Crippen LogP contribution in [-0.4, -0.2) is 17.4 Å². The minimum absolute atomic E-state index is 0.0375. The van der Waals surface area contributed by atoms with Gasteiger partial charge in [-0.1, -0.05) is 6.42 Å². The third kappa shape index (κ3) is 2.04. The number of nitrogens with two attached hydrogens (primary N) is 1. The molecule has 2 bridgehead atoms. The van der Waals surface area contributed by atoms with Crippen molar-refractivity contribution in [1.82, 2.24) is 10.3 Å².